The lowest BCUT2D eigenvalue weighted by atomic mass is 10.00. The summed E-state index contributed by atoms with van der Waals surface area (Å²) in [4.78, 5) is 0. The molecule has 1 aromatic carbocycles. The Morgan fingerprint density at radius 3 is 2.44 bits per heavy atom. The van der Waals surface area contributed by atoms with E-state index in [1.165, 1.54) is 12.1 Å². The highest BCUT2D eigenvalue weighted by Gasteiger charge is 2.59. The van der Waals surface area contributed by atoms with E-state index < -0.39 is 11.6 Å². The molecule has 2 N–H and O–H groups in total. The van der Waals surface area contributed by atoms with Crippen molar-refractivity contribution in [3.63, 3.8) is 0 Å². The molecule has 3 heteroatoms. The molecule has 2 rings (SSSR count). The maximum absolute atomic E-state index is 13.9. The first kappa shape index (κ1) is 11.5. The van der Waals surface area contributed by atoms with Crippen molar-refractivity contribution in [2.75, 3.05) is 6.54 Å². The van der Waals surface area contributed by atoms with Crippen molar-refractivity contribution in [3.05, 3.63) is 34.9 Å². The predicted octanol–water partition coefficient (Wildman–Crippen LogP) is 2.97. The predicted molar refractivity (Wildman–Crippen MR) is 60.2 cm³/mol. The fourth-order valence-electron chi connectivity index (χ4n) is 2.72. The highest BCUT2D eigenvalue weighted by molar-refractivity contribution is 5.37. The maximum atomic E-state index is 13.9. The van der Waals surface area contributed by atoms with Gasteiger partial charge in [-0.05, 0) is 42.3 Å². The van der Waals surface area contributed by atoms with Gasteiger partial charge in [0, 0.05) is 5.56 Å². The average molecular weight is 225 g/mol. The summed E-state index contributed by atoms with van der Waals surface area (Å²) in [5.41, 5.74) is 6.26. The van der Waals surface area contributed by atoms with Crippen LogP contribution in [0.4, 0.5) is 8.78 Å². The molecule has 1 aliphatic rings. The Bertz CT molecular complexity index is 426. The van der Waals surface area contributed by atoms with Gasteiger partial charge >= 0.3 is 0 Å². The monoisotopic (exact) mass is 225 g/mol. The van der Waals surface area contributed by atoms with Gasteiger partial charge in [0.1, 0.15) is 11.6 Å². The van der Waals surface area contributed by atoms with Crippen LogP contribution < -0.4 is 5.73 Å². The maximum Gasteiger partial charge on any atom is 0.132 e. The number of aryl methyl sites for hydroxylation is 1. The second-order valence-corrected chi connectivity index (χ2v) is 5.23. The first-order valence-corrected chi connectivity index (χ1v) is 5.55. The van der Waals surface area contributed by atoms with Crippen molar-refractivity contribution in [2.24, 2.45) is 17.1 Å². The number of halogens is 2. The van der Waals surface area contributed by atoms with Gasteiger partial charge in [-0.15, -0.1) is 0 Å². The number of rotatable bonds is 2. The fraction of sp³-hybridized carbons (Fsp3) is 0.538. The number of hydrogen-bond acceptors (Lipinski definition) is 1. The largest absolute Gasteiger partial charge is 0.330 e. The van der Waals surface area contributed by atoms with Crippen LogP contribution in [0.2, 0.25) is 0 Å². The van der Waals surface area contributed by atoms with Crippen molar-refractivity contribution in [3.8, 4) is 0 Å². The molecule has 0 heterocycles. The molecule has 0 radical (unpaired) electrons. The van der Waals surface area contributed by atoms with E-state index in [9.17, 15) is 8.78 Å². The molecule has 16 heavy (non-hydrogen) atoms. The van der Waals surface area contributed by atoms with E-state index >= 15 is 0 Å². The van der Waals surface area contributed by atoms with E-state index in [0.29, 0.717) is 12.1 Å². The summed E-state index contributed by atoms with van der Waals surface area (Å²) >= 11 is 0. The van der Waals surface area contributed by atoms with Gasteiger partial charge in [-0.3, -0.25) is 0 Å². The van der Waals surface area contributed by atoms with E-state index in [1.54, 1.807) is 6.92 Å². The minimum atomic E-state index is -0.447. The van der Waals surface area contributed by atoms with Crippen LogP contribution in [0.3, 0.4) is 0 Å². The van der Waals surface area contributed by atoms with Crippen molar-refractivity contribution < 1.29 is 8.78 Å². The standard InChI is InChI=1S/C13H17F2N/c1-7-4-5-9(14)10(12(7)15)11-8(6-16)13(11,2)3/h4-5,8,11H,6,16H2,1-3H3/t8-,11+/m1/s1. The van der Waals surface area contributed by atoms with Crippen LogP contribution in [0.15, 0.2) is 12.1 Å². The van der Waals surface area contributed by atoms with Gasteiger partial charge in [0.2, 0.25) is 0 Å². The van der Waals surface area contributed by atoms with Crippen LogP contribution in [-0.2, 0) is 0 Å². The van der Waals surface area contributed by atoms with Gasteiger partial charge in [0.25, 0.3) is 0 Å². The molecule has 0 saturated heterocycles. The number of nitrogens with two attached hydrogens (primary N) is 1. The minimum Gasteiger partial charge on any atom is -0.330 e. The van der Waals surface area contributed by atoms with Crippen LogP contribution in [0, 0.1) is 29.9 Å². The Balaban J connectivity index is 2.47. The van der Waals surface area contributed by atoms with Crippen molar-refractivity contribution in [2.45, 2.75) is 26.7 Å². The van der Waals surface area contributed by atoms with Gasteiger partial charge in [0.05, 0.1) is 0 Å². The zero-order valence-electron chi connectivity index (χ0n) is 9.85. The van der Waals surface area contributed by atoms with E-state index in [1.807, 2.05) is 13.8 Å². The highest BCUT2D eigenvalue weighted by atomic mass is 19.1. The fourth-order valence-corrected chi connectivity index (χ4v) is 2.72. The Hall–Kier alpha value is -0.960. The summed E-state index contributed by atoms with van der Waals surface area (Å²) in [6, 6.07) is 2.82. The molecule has 0 spiro atoms. The second-order valence-electron chi connectivity index (χ2n) is 5.23. The topological polar surface area (TPSA) is 26.0 Å². The van der Waals surface area contributed by atoms with Crippen LogP contribution in [0.25, 0.3) is 0 Å². The third-order valence-electron chi connectivity index (χ3n) is 3.94. The number of hydrogen-bond donors (Lipinski definition) is 1. The summed E-state index contributed by atoms with van der Waals surface area (Å²) < 4.78 is 27.6. The summed E-state index contributed by atoms with van der Waals surface area (Å²) in [6.07, 6.45) is 0. The summed E-state index contributed by atoms with van der Waals surface area (Å²) in [7, 11) is 0. The Kier molecular flexibility index (Phi) is 2.54. The molecule has 2 atom stereocenters. The highest BCUT2D eigenvalue weighted by Crippen LogP contribution is 2.64. The molecule has 0 aromatic heterocycles. The SMILES string of the molecule is Cc1ccc(F)c([C@@H]2[C@@H](CN)C2(C)C)c1F. The average Bonchev–Trinajstić information content (AvgIpc) is 2.75. The molecule has 1 nitrogen and oxygen atoms in total. The molecule has 88 valence electrons. The molecule has 0 aliphatic heterocycles. The van der Waals surface area contributed by atoms with E-state index in [4.69, 9.17) is 5.73 Å². The summed E-state index contributed by atoms with van der Waals surface area (Å²) in [5.74, 6) is -0.762. The summed E-state index contributed by atoms with van der Waals surface area (Å²) in [6.45, 7) is 6.16. The van der Waals surface area contributed by atoms with Crippen LogP contribution >= 0.6 is 0 Å². The van der Waals surface area contributed by atoms with Gasteiger partial charge < -0.3 is 5.73 Å². The first-order chi connectivity index (χ1) is 7.41. The first-order valence-electron chi connectivity index (χ1n) is 5.55. The molecule has 1 aliphatic carbocycles. The number of benzene rings is 1. The molecular formula is C13H17F2N. The lowest BCUT2D eigenvalue weighted by Crippen LogP contribution is -2.05. The Morgan fingerprint density at radius 2 is 1.94 bits per heavy atom. The molecule has 0 bridgehead atoms. The molecule has 0 unspecified atom stereocenters. The van der Waals surface area contributed by atoms with E-state index in [2.05, 4.69) is 0 Å². The third kappa shape index (κ3) is 1.46. The Morgan fingerprint density at radius 1 is 1.31 bits per heavy atom. The molecule has 0 amide bonds. The van der Waals surface area contributed by atoms with Crippen molar-refractivity contribution >= 4 is 0 Å². The van der Waals surface area contributed by atoms with Crippen molar-refractivity contribution in [1.82, 2.24) is 0 Å². The van der Waals surface area contributed by atoms with Gasteiger partial charge in [-0.2, -0.15) is 0 Å². The Labute approximate surface area is 94.7 Å². The van der Waals surface area contributed by atoms with Crippen molar-refractivity contribution in [1.29, 1.82) is 0 Å². The lowest BCUT2D eigenvalue weighted by Gasteiger charge is -2.08. The zero-order chi connectivity index (χ0) is 12.1. The molecular weight excluding hydrogens is 208 g/mol. The lowest BCUT2D eigenvalue weighted by molar-refractivity contribution is 0.523. The second kappa shape index (κ2) is 3.52. The van der Waals surface area contributed by atoms with Crippen LogP contribution in [0.1, 0.15) is 30.9 Å². The summed E-state index contributed by atoms with van der Waals surface area (Å²) in [5, 5.41) is 0. The van der Waals surface area contributed by atoms with E-state index in [0.717, 1.165) is 0 Å². The molecule has 1 saturated carbocycles. The van der Waals surface area contributed by atoms with Gasteiger partial charge in [0.15, 0.2) is 0 Å². The zero-order valence-corrected chi connectivity index (χ0v) is 9.85. The van der Waals surface area contributed by atoms with E-state index in [-0.39, 0.29) is 22.8 Å². The van der Waals surface area contributed by atoms with Crippen LogP contribution in [-0.4, -0.2) is 6.54 Å². The smallest absolute Gasteiger partial charge is 0.132 e. The van der Waals surface area contributed by atoms with Crippen LogP contribution in [0.5, 0.6) is 0 Å². The quantitative estimate of drug-likeness (QED) is 0.822. The normalized spacial score (nSPS) is 26.9. The van der Waals surface area contributed by atoms with Gasteiger partial charge in [-0.25, -0.2) is 8.78 Å². The molecule has 1 fully saturated rings. The van der Waals surface area contributed by atoms with Gasteiger partial charge in [-0.1, -0.05) is 19.9 Å². The molecule has 1 aromatic rings. The third-order valence-corrected chi connectivity index (χ3v) is 3.94. The minimum absolute atomic E-state index is 0.0857.